The number of fused-ring (bicyclic) bond motifs is 4. The van der Waals surface area contributed by atoms with E-state index in [-0.39, 0.29) is 26.4 Å². The van der Waals surface area contributed by atoms with Crippen molar-refractivity contribution in [1.82, 2.24) is 9.34 Å². The van der Waals surface area contributed by atoms with Crippen LogP contribution in [0.1, 0.15) is 49.9 Å². The Hall–Kier alpha value is -1.34. The number of hydrogen-bond acceptors (Lipinski definition) is 6. The molecule has 0 spiro atoms. The lowest BCUT2D eigenvalue weighted by Crippen LogP contribution is -2.25. The Morgan fingerprint density at radius 1 is 0.588 bits per heavy atom. The Bertz CT molecular complexity index is 890. The van der Waals surface area contributed by atoms with Gasteiger partial charge < -0.3 is 0 Å². The first-order valence-corrected chi connectivity index (χ1v) is 14.8. The van der Waals surface area contributed by atoms with E-state index in [1.165, 1.54) is 0 Å². The van der Waals surface area contributed by atoms with Crippen LogP contribution in [-0.2, 0) is 53.4 Å². The minimum atomic E-state index is -3.50. The fourth-order valence-electron chi connectivity index (χ4n) is 4.01. The van der Waals surface area contributed by atoms with Crippen molar-refractivity contribution < 1.29 is 27.2 Å². The zero-order valence-corrected chi connectivity index (χ0v) is 22.3. The summed E-state index contributed by atoms with van der Waals surface area (Å²) in [7, 11) is -7.00. The maximum atomic E-state index is 13.7. The van der Waals surface area contributed by atoms with E-state index in [9.17, 15) is 9.13 Å². The zero-order chi connectivity index (χ0) is 24.6. The highest BCUT2D eigenvalue weighted by molar-refractivity contribution is 7.51. The van der Waals surface area contributed by atoms with Crippen LogP contribution in [0.15, 0.2) is 48.5 Å². The summed E-state index contributed by atoms with van der Waals surface area (Å²) in [5.74, 6) is 0. The maximum absolute atomic E-state index is 13.7. The molecule has 0 amide bonds. The molecule has 1 aliphatic heterocycles. The van der Waals surface area contributed by atoms with Gasteiger partial charge in [-0.05, 0) is 49.9 Å². The van der Waals surface area contributed by atoms with Gasteiger partial charge in [-0.15, -0.1) is 0 Å². The molecule has 34 heavy (non-hydrogen) atoms. The summed E-state index contributed by atoms with van der Waals surface area (Å²) < 4.78 is 53.7. The summed E-state index contributed by atoms with van der Waals surface area (Å²) >= 11 is 0. The third-order valence-electron chi connectivity index (χ3n) is 5.30. The fourth-order valence-corrected chi connectivity index (χ4v) is 7.46. The second-order valence-corrected chi connectivity index (χ2v) is 11.9. The highest BCUT2D eigenvalue weighted by Gasteiger charge is 2.35. The highest BCUT2D eigenvalue weighted by atomic mass is 31.2. The monoisotopic (exact) mass is 510 g/mol. The predicted molar refractivity (Wildman–Crippen MR) is 133 cm³/mol. The minimum Gasteiger partial charge on any atom is -0.297 e. The Morgan fingerprint density at radius 3 is 1.09 bits per heavy atom. The van der Waals surface area contributed by atoms with Gasteiger partial charge in [0.25, 0.3) is 0 Å². The Kier molecular flexibility index (Phi) is 10.1. The predicted octanol–water partition coefficient (Wildman–Crippen LogP) is 6.37. The van der Waals surface area contributed by atoms with Gasteiger partial charge in [0.1, 0.15) is 0 Å². The van der Waals surface area contributed by atoms with Crippen LogP contribution in [-0.4, -0.2) is 35.8 Å². The van der Waals surface area contributed by atoms with Gasteiger partial charge in [0.15, 0.2) is 0 Å². The molecule has 3 rings (SSSR count). The van der Waals surface area contributed by atoms with Gasteiger partial charge in [-0.3, -0.25) is 18.1 Å². The summed E-state index contributed by atoms with van der Waals surface area (Å²) in [6.07, 6.45) is 0. The zero-order valence-electron chi connectivity index (χ0n) is 20.5. The number of benzene rings is 2. The molecule has 0 atom stereocenters. The molecule has 10 heteroatoms. The smallest absolute Gasteiger partial charge is 0.297 e. The third-order valence-corrected chi connectivity index (χ3v) is 9.59. The molecule has 1 heterocycles. The van der Waals surface area contributed by atoms with Crippen LogP contribution >= 0.6 is 15.5 Å². The molecular weight excluding hydrogens is 474 g/mol. The minimum absolute atomic E-state index is 0.285. The van der Waals surface area contributed by atoms with Gasteiger partial charge in [0, 0.05) is 26.2 Å². The fraction of sp³-hybridized carbons (Fsp3) is 0.500. The van der Waals surface area contributed by atoms with Crippen LogP contribution in [0.5, 0.6) is 0 Å². The second kappa shape index (κ2) is 12.6. The lowest BCUT2D eigenvalue weighted by molar-refractivity contribution is 0.161. The van der Waals surface area contributed by atoms with Crippen molar-refractivity contribution in [3.05, 3.63) is 70.8 Å². The van der Waals surface area contributed by atoms with Crippen molar-refractivity contribution in [1.29, 1.82) is 0 Å². The normalized spacial score (nSPS) is 16.1. The Morgan fingerprint density at radius 2 is 0.853 bits per heavy atom. The molecule has 4 bridgehead atoms. The molecule has 0 unspecified atom stereocenters. The number of hydrogen-bond donors (Lipinski definition) is 0. The molecule has 0 fully saturated rings. The van der Waals surface area contributed by atoms with Crippen molar-refractivity contribution in [2.24, 2.45) is 0 Å². The van der Waals surface area contributed by atoms with E-state index in [1.807, 2.05) is 76.2 Å². The van der Waals surface area contributed by atoms with Crippen molar-refractivity contribution >= 4 is 15.5 Å². The van der Waals surface area contributed by atoms with Crippen molar-refractivity contribution in [2.45, 2.75) is 53.9 Å². The van der Waals surface area contributed by atoms with E-state index >= 15 is 0 Å². The molecule has 0 saturated heterocycles. The highest BCUT2D eigenvalue weighted by Crippen LogP contribution is 2.55. The lowest BCUT2D eigenvalue weighted by atomic mass is 10.1. The van der Waals surface area contributed by atoms with Gasteiger partial charge in [-0.1, -0.05) is 48.5 Å². The maximum Gasteiger partial charge on any atom is 0.408 e. The number of nitrogens with zero attached hydrogens (tertiary/aromatic N) is 2. The van der Waals surface area contributed by atoms with Crippen LogP contribution in [0.3, 0.4) is 0 Å². The van der Waals surface area contributed by atoms with Crippen LogP contribution in [0.25, 0.3) is 0 Å². The molecule has 2 aromatic carbocycles. The standard InChI is InChI=1S/C24H36N2O6P2/c1-5-29-33(27,30-6-2)25-17-21-11-9-13-23(15-21)19-26(34(28,31-7-3)32-8-4)20-24-14-10-12-22(16-24)18-25/h9-16H,5-8,17-20H2,1-4H3. The quantitative estimate of drug-likeness (QED) is 0.342. The summed E-state index contributed by atoms with van der Waals surface area (Å²) in [5, 5.41) is 0. The molecule has 8 nitrogen and oxygen atoms in total. The first-order chi connectivity index (χ1) is 16.4. The van der Waals surface area contributed by atoms with E-state index in [1.54, 1.807) is 9.34 Å². The molecular formula is C24H36N2O6P2. The average molecular weight is 511 g/mol. The second-order valence-electron chi connectivity index (χ2n) is 7.89. The lowest BCUT2D eigenvalue weighted by Gasteiger charge is -2.32. The van der Waals surface area contributed by atoms with E-state index < -0.39 is 15.5 Å². The van der Waals surface area contributed by atoms with Gasteiger partial charge >= 0.3 is 15.5 Å². The molecule has 188 valence electrons. The molecule has 0 aliphatic carbocycles. The van der Waals surface area contributed by atoms with Crippen molar-refractivity contribution in [3.63, 3.8) is 0 Å². The van der Waals surface area contributed by atoms with Gasteiger partial charge in [0.05, 0.1) is 26.4 Å². The molecule has 0 aromatic heterocycles. The summed E-state index contributed by atoms with van der Waals surface area (Å²) in [6, 6.07) is 15.9. The Labute approximate surface area is 203 Å². The van der Waals surface area contributed by atoms with E-state index in [0.717, 1.165) is 22.3 Å². The average Bonchev–Trinajstić information content (AvgIpc) is 2.79. The number of rotatable bonds is 10. The molecule has 2 aromatic rings. The molecule has 0 saturated carbocycles. The van der Waals surface area contributed by atoms with Crippen LogP contribution in [0.4, 0.5) is 0 Å². The van der Waals surface area contributed by atoms with Gasteiger partial charge in [-0.25, -0.2) is 9.13 Å². The van der Waals surface area contributed by atoms with Gasteiger partial charge in [-0.2, -0.15) is 9.34 Å². The molecule has 0 N–H and O–H groups in total. The third kappa shape index (κ3) is 6.87. The SMILES string of the molecule is CCOP(=O)(OCC)N1Cc2cccc(c2)CN(P(=O)(OCC)OCC)Cc2cccc(c2)C1. The molecule has 1 aliphatic rings. The van der Waals surface area contributed by atoms with E-state index in [0.29, 0.717) is 26.2 Å². The Balaban J connectivity index is 2.07. The summed E-state index contributed by atoms with van der Waals surface area (Å²) in [4.78, 5) is 0. The first-order valence-electron chi connectivity index (χ1n) is 11.8. The largest absolute Gasteiger partial charge is 0.408 e. The van der Waals surface area contributed by atoms with Crippen molar-refractivity contribution in [3.8, 4) is 0 Å². The summed E-state index contributed by atoms with van der Waals surface area (Å²) in [5.41, 5.74) is 3.82. The van der Waals surface area contributed by atoms with E-state index in [4.69, 9.17) is 18.1 Å². The van der Waals surface area contributed by atoms with Crippen LogP contribution < -0.4 is 0 Å². The van der Waals surface area contributed by atoms with Crippen molar-refractivity contribution in [2.75, 3.05) is 26.4 Å². The van der Waals surface area contributed by atoms with Gasteiger partial charge in [0.2, 0.25) is 0 Å². The van der Waals surface area contributed by atoms with Crippen LogP contribution in [0.2, 0.25) is 0 Å². The first kappa shape index (κ1) is 27.3. The topological polar surface area (TPSA) is 77.5 Å². The van der Waals surface area contributed by atoms with Crippen LogP contribution in [0, 0.1) is 0 Å². The van der Waals surface area contributed by atoms with E-state index in [2.05, 4.69) is 0 Å². The molecule has 0 radical (unpaired) electrons. The summed E-state index contributed by atoms with van der Waals surface area (Å²) in [6.45, 7) is 9.90.